The average Bonchev–Trinajstić information content (AvgIpc) is 2.59. The molecule has 0 aliphatic rings. The van der Waals surface area contributed by atoms with Gasteiger partial charge in [0, 0.05) is 12.3 Å². The highest BCUT2D eigenvalue weighted by atomic mass is 32.1. The van der Waals surface area contributed by atoms with Gasteiger partial charge in [0.2, 0.25) is 0 Å². The summed E-state index contributed by atoms with van der Waals surface area (Å²) in [6.07, 6.45) is 0. The first kappa shape index (κ1) is 23.2. The Balaban J connectivity index is 2.44. The van der Waals surface area contributed by atoms with E-state index in [2.05, 4.69) is 111 Å². The van der Waals surface area contributed by atoms with Gasteiger partial charge in [0.25, 0.3) is 0 Å². The molecule has 0 aliphatic heterocycles. The van der Waals surface area contributed by atoms with E-state index in [1.807, 2.05) is 0 Å². The molecule has 158 valence electrons. The third kappa shape index (κ3) is 4.42. The summed E-state index contributed by atoms with van der Waals surface area (Å²) < 4.78 is 0. The van der Waals surface area contributed by atoms with Crippen LogP contribution in [0, 0.1) is 41.5 Å². The topological polar surface area (TPSA) is 0 Å². The van der Waals surface area contributed by atoms with Crippen LogP contribution in [0.25, 0.3) is 22.3 Å². The Kier molecular flexibility index (Phi) is 6.63. The standard InChI is InChI=1S/C28H37P2/c1-18-14-20(3)26(21(4)15-18)24-12-11-13-25(28(24)29(7)30(8,9)10)27-22(5)16-19(2)17-23(27)6/h11-17H,1-10H3/q+1. The van der Waals surface area contributed by atoms with Gasteiger partial charge in [-0.2, -0.15) is 0 Å². The summed E-state index contributed by atoms with van der Waals surface area (Å²) in [5.74, 6) is 0. The maximum atomic E-state index is 2.52. The molecule has 1 unspecified atom stereocenters. The molecule has 3 aromatic carbocycles. The van der Waals surface area contributed by atoms with Gasteiger partial charge < -0.3 is 0 Å². The lowest BCUT2D eigenvalue weighted by atomic mass is 9.89. The quantitative estimate of drug-likeness (QED) is 0.361. The molecule has 1 atom stereocenters. The van der Waals surface area contributed by atoms with E-state index < -0.39 is 6.95 Å². The first-order chi connectivity index (χ1) is 13.9. The second-order valence-electron chi connectivity index (χ2n) is 9.71. The van der Waals surface area contributed by atoms with E-state index in [0.717, 1.165) is 0 Å². The first-order valence-electron chi connectivity index (χ1n) is 10.8. The van der Waals surface area contributed by atoms with Gasteiger partial charge in [-0.25, -0.2) is 0 Å². The Morgan fingerprint density at radius 3 is 1.23 bits per heavy atom. The van der Waals surface area contributed by atoms with Crippen LogP contribution < -0.4 is 5.30 Å². The van der Waals surface area contributed by atoms with Crippen molar-refractivity contribution in [1.29, 1.82) is 0 Å². The van der Waals surface area contributed by atoms with Gasteiger partial charge in [-0.05, 0) is 92.7 Å². The van der Waals surface area contributed by atoms with Gasteiger partial charge in [0.05, 0.1) is 27.6 Å². The molecule has 0 spiro atoms. The Morgan fingerprint density at radius 2 is 0.933 bits per heavy atom. The lowest BCUT2D eigenvalue weighted by molar-refractivity contribution is 1.32. The summed E-state index contributed by atoms with van der Waals surface area (Å²) >= 11 is 0. The van der Waals surface area contributed by atoms with E-state index in [1.165, 1.54) is 55.6 Å². The van der Waals surface area contributed by atoms with Crippen molar-refractivity contribution in [2.24, 2.45) is 0 Å². The summed E-state index contributed by atoms with van der Waals surface area (Å²) in [6, 6.07) is 16.4. The molecule has 0 aliphatic carbocycles. The van der Waals surface area contributed by atoms with Crippen LogP contribution >= 0.6 is 14.6 Å². The Hall–Kier alpha value is -1.48. The molecule has 3 aromatic rings. The van der Waals surface area contributed by atoms with Crippen LogP contribution in [0.4, 0.5) is 0 Å². The van der Waals surface area contributed by atoms with Crippen molar-refractivity contribution in [1.82, 2.24) is 0 Å². The zero-order valence-electron chi connectivity index (χ0n) is 20.4. The first-order valence-corrected chi connectivity index (χ1v) is 16.4. The molecule has 0 nitrogen and oxygen atoms in total. The molecular weight excluding hydrogens is 398 g/mol. The summed E-state index contributed by atoms with van der Waals surface area (Å²) in [6.45, 7) is 22.5. The monoisotopic (exact) mass is 435 g/mol. The van der Waals surface area contributed by atoms with Crippen LogP contribution in [-0.2, 0) is 0 Å². The number of benzene rings is 3. The molecule has 0 fully saturated rings. The molecule has 0 heterocycles. The van der Waals surface area contributed by atoms with Gasteiger partial charge in [-0.3, -0.25) is 0 Å². The third-order valence-electron chi connectivity index (χ3n) is 6.15. The van der Waals surface area contributed by atoms with Crippen molar-refractivity contribution < 1.29 is 0 Å². The van der Waals surface area contributed by atoms with Crippen molar-refractivity contribution in [3.8, 4) is 22.3 Å². The highest BCUT2D eigenvalue weighted by Crippen LogP contribution is 2.76. The molecule has 3 rings (SSSR count). The van der Waals surface area contributed by atoms with Crippen molar-refractivity contribution in [3.05, 3.63) is 75.8 Å². The molecule has 0 aromatic heterocycles. The van der Waals surface area contributed by atoms with Crippen LogP contribution in [0.3, 0.4) is 0 Å². The van der Waals surface area contributed by atoms with Gasteiger partial charge in [-0.15, -0.1) is 0 Å². The molecule has 0 N–H and O–H groups in total. The minimum Gasteiger partial charge on any atom is -0.0610 e. The zero-order valence-corrected chi connectivity index (χ0v) is 22.2. The van der Waals surface area contributed by atoms with E-state index in [4.69, 9.17) is 0 Å². The fraction of sp³-hybridized carbons (Fsp3) is 0.357. The molecule has 30 heavy (non-hydrogen) atoms. The number of hydrogen-bond acceptors (Lipinski definition) is 0. The Morgan fingerprint density at radius 1 is 0.600 bits per heavy atom. The fourth-order valence-corrected chi connectivity index (χ4v) is 8.92. The highest BCUT2D eigenvalue weighted by Gasteiger charge is 2.34. The van der Waals surface area contributed by atoms with Crippen molar-refractivity contribution >= 4 is 19.9 Å². The van der Waals surface area contributed by atoms with Gasteiger partial charge >= 0.3 is 0 Å². The second kappa shape index (κ2) is 8.57. The van der Waals surface area contributed by atoms with E-state index in [-0.39, 0.29) is 7.61 Å². The zero-order chi connectivity index (χ0) is 22.4. The summed E-state index contributed by atoms with van der Waals surface area (Å²) in [5, 5.41) is 1.60. The molecule has 0 bridgehead atoms. The van der Waals surface area contributed by atoms with E-state index in [0.29, 0.717) is 0 Å². The molecule has 0 saturated heterocycles. The van der Waals surface area contributed by atoms with Crippen LogP contribution in [0.15, 0.2) is 42.5 Å². The normalized spacial score (nSPS) is 12.9. The molecule has 0 saturated carbocycles. The summed E-state index contributed by atoms with van der Waals surface area (Å²) in [5.41, 5.74) is 14.0. The van der Waals surface area contributed by atoms with E-state index in [9.17, 15) is 0 Å². The molecule has 0 radical (unpaired) electrons. The van der Waals surface area contributed by atoms with Crippen LogP contribution in [0.1, 0.15) is 33.4 Å². The Labute approximate surface area is 186 Å². The van der Waals surface area contributed by atoms with Crippen LogP contribution in [0.5, 0.6) is 0 Å². The number of rotatable bonds is 4. The Bertz CT molecular complexity index is 978. The van der Waals surface area contributed by atoms with E-state index >= 15 is 0 Å². The smallest absolute Gasteiger partial charge is 0.0610 e. The van der Waals surface area contributed by atoms with E-state index in [1.54, 1.807) is 5.30 Å². The fourth-order valence-electron chi connectivity index (χ4n) is 4.81. The minimum absolute atomic E-state index is 0.259. The van der Waals surface area contributed by atoms with Crippen molar-refractivity contribution in [3.63, 3.8) is 0 Å². The number of hydrogen-bond donors (Lipinski definition) is 0. The lowest BCUT2D eigenvalue weighted by Crippen LogP contribution is -2.13. The van der Waals surface area contributed by atoms with Crippen molar-refractivity contribution in [2.75, 3.05) is 26.7 Å². The lowest BCUT2D eigenvalue weighted by Gasteiger charge is -2.28. The molecular formula is C28H37P2+. The number of aryl methyl sites for hydroxylation is 6. The SMILES string of the molecule is Cc1cc(C)c(-c2cccc(-c3c(C)cc(C)cc3C)c2P(C)[P+](C)(C)C)c(C)c1. The largest absolute Gasteiger partial charge is 0.0840 e. The average molecular weight is 436 g/mol. The predicted octanol–water partition coefficient (Wildman–Crippen LogP) is 8.43. The van der Waals surface area contributed by atoms with Gasteiger partial charge in [0.1, 0.15) is 0 Å². The maximum Gasteiger partial charge on any atom is 0.0840 e. The summed E-state index contributed by atoms with van der Waals surface area (Å²) in [7, 11) is -0.259. The van der Waals surface area contributed by atoms with Crippen LogP contribution in [-0.4, -0.2) is 26.7 Å². The van der Waals surface area contributed by atoms with Gasteiger partial charge in [-0.1, -0.05) is 53.6 Å². The van der Waals surface area contributed by atoms with Gasteiger partial charge in [0.15, 0.2) is 0 Å². The maximum absolute atomic E-state index is 2.52. The predicted molar refractivity (Wildman–Crippen MR) is 143 cm³/mol. The van der Waals surface area contributed by atoms with Crippen LogP contribution in [0.2, 0.25) is 0 Å². The summed E-state index contributed by atoms with van der Waals surface area (Å²) in [4.78, 5) is 0. The minimum atomic E-state index is -1.04. The second-order valence-corrected chi connectivity index (χ2v) is 20.5. The molecule has 0 amide bonds. The van der Waals surface area contributed by atoms with Crippen molar-refractivity contribution in [2.45, 2.75) is 41.5 Å². The molecule has 2 heteroatoms. The third-order valence-corrected chi connectivity index (χ3v) is 15.1. The highest BCUT2D eigenvalue weighted by molar-refractivity contribution is 8.40.